The van der Waals surface area contributed by atoms with Crippen molar-refractivity contribution in [2.75, 3.05) is 0 Å². The van der Waals surface area contributed by atoms with Gasteiger partial charge in [-0.25, -0.2) is 4.98 Å². The minimum Gasteiger partial charge on any atom is -0.393 e. The van der Waals surface area contributed by atoms with Gasteiger partial charge in [-0.15, -0.1) is 0 Å². The smallest absolute Gasteiger partial charge is 0.138 e. The Morgan fingerprint density at radius 3 is 2.76 bits per heavy atom. The maximum Gasteiger partial charge on any atom is 0.138 e. The second-order valence-corrected chi connectivity index (χ2v) is 4.05. The molecule has 1 atom stereocenters. The van der Waals surface area contributed by atoms with Crippen LogP contribution in [0.1, 0.15) is 17.8 Å². The predicted octanol–water partition coefficient (Wildman–Crippen LogP) is 0.746. The Bertz CT molecular complexity index is 455. The van der Waals surface area contributed by atoms with Crippen LogP contribution in [0, 0.1) is 0 Å². The molecule has 2 rings (SSSR count). The first-order chi connectivity index (χ1) is 8.25. The third-order valence-electron chi connectivity index (χ3n) is 2.74. The normalized spacial score (nSPS) is 12.6. The summed E-state index contributed by atoms with van der Waals surface area (Å²) in [4.78, 5) is 8.05. The second kappa shape index (κ2) is 5.54. The van der Waals surface area contributed by atoms with Gasteiger partial charge in [0.15, 0.2) is 0 Å². The summed E-state index contributed by atoms with van der Waals surface area (Å²) >= 11 is 0. The summed E-state index contributed by atoms with van der Waals surface area (Å²) in [5, 5.41) is 13.9. The minimum absolute atomic E-state index is 0.383. The van der Waals surface area contributed by atoms with Gasteiger partial charge in [0.1, 0.15) is 12.2 Å². The van der Waals surface area contributed by atoms with Crippen molar-refractivity contribution >= 4 is 0 Å². The second-order valence-electron chi connectivity index (χ2n) is 4.05. The molecule has 2 heterocycles. The fourth-order valence-electron chi connectivity index (χ4n) is 1.70. The SMILES string of the molecule is Cn1ncnc1CC(O)CCc1ccncc1. The van der Waals surface area contributed by atoms with E-state index < -0.39 is 0 Å². The molecule has 5 heteroatoms. The van der Waals surface area contributed by atoms with E-state index in [1.54, 1.807) is 17.1 Å². The van der Waals surface area contributed by atoms with E-state index in [1.165, 1.54) is 11.9 Å². The number of aromatic nitrogens is 4. The van der Waals surface area contributed by atoms with Crippen LogP contribution in [-0.2, 0) is 19.9 Å². The largest absolute Gasteiger partial charge is 0.393 e. The number of aliphatic hydroxyl groups is 1. The van der Waals surface area contributed by atoms with Gasteiger partial charge >= 0.3 is 0 Å². The Morgan fingerprint density at radius 2 is 2.12 bits per heavy atom. The lowest BCUT2D eigenvalue weighted by Gasteiger charge is -2.09. The van der Waals surface area contributed by atoms with Crippen molar-refractivity contribution in [1.29, 1.82) is 0 Å². The highest BCUT2D eigenvalue weighted by Gasteiger charge is 2.09. The molecule has 0 aliphatic carbocycles. The van der Waals surface area contributed by atoms with Crippen molar-refractivity contribution < 1.29 is 5.11 Å². The molecule has 90 valence electrons. The van der Waals surface area contributed by atoms with Crippen LogP contribution in [-0.4, -0.2) is 31.0 Å². The molecule has 1 unspecified atom stereocenters. The first-order valence-electron chi connectivity index (χ1n) is 5.65. The van der Waals surface area contributed by atoms with Crippen LogP contribution in [0.25, 0.3) is 0 Å². The zero-order valence-electron chi connectivity index (χ0n) is 9.82. The maximum atomic E-state index is 9.91. The molecular weight excluding hydrogens is 216 g/mol. The van der Waals surface area contributed by atoms with Crippen molar-refractivity contribution in [1.82, 2.24) is 19.7 Å². The fraction of sp³-hybridized carbons (Fsp3) is 0.417. The summed E-state index contributed by atoms with van der Waals surface area (Å²) in [6.07, 6.45) is 6.77. The first kappa shape index (κ1) is 11.7. The van der Waals surface area contributed by atoms with Crippen molar-refractivity contribution in [3.63, 3.8) is 0 Å². The molecule has 2 aromatic rings. The van der Waals surface area contributed by atoms with Crippen molar-refractivity contribution in [2.24, 2.45) is 7.05 Å². The number of pyridine rings is 1. The molecule has 0 aliphatic rings. The summed E-state index contributed by atoms with van der Waals surface area (Å²) in [6, 6.07) is 3.93. The van der Waals surface area contributed by atoms with Crippen molar-refractivity contribution in [3.05, 3.63) is 42.2 Å². The van der Waals surface area contributed by atoms with Crippen molar-refractivity contribution in [2.45, 2.75) is 25.4 Å². The molecule has 2 aromatic heterocycles. The van der Waals surface area contributed by atoms with Gasteiger partial charge < -0.3 is 5.11 Å². The molecule has 1 N–H and O–H groups in total. The van der Waals surface area contributed by atoms with E-state index in [4.69, 9.17) is 0 Å². The van der Waals surface area contributed by atoms with Gasteiger partial charge in [0, 0.05) is 25.9 Å². The fourth-order valence-corrected chi connectivity index (χ4v) is 1.70. The van der Waals surface area contributed by atoms with E-state index in [-0.39, 0.29) is 6.10 Å². The molecule has 0 amide bonds. The lowest BCUT2D eigenvalue weighted by molar-refractivity contribution is 0.161. The Morgan fingerprint density at radius 1 is 1.35 bits per heavy atom. The molecule has 5 nitrogen and oxygen atoms in total. The quantitative estimate of drug-likeness (QED) is 0.826. The molecule has 17 heavy (non-hydrogen) atoms. The highest BCUT2D eigenvalue weighted by Crippen LogP contribution is 2.07. The highest BCUT2D eigenvalue weighted by molar-refractivity contribution is 5.09. The predicted molar refractivity (Wildman–Crippen MR) is 63.3 cm³/mol. The molecule has 0 aromatic carbocycles. The third-order valence-corrected chi connectivity index (χ3v) is 2.74. The molecule has 0 saturated carbocycles. The average Bonchev–Trinajstić information content (AvgIpc) is 2.74. The molecule has 0 fully saturated rings. The Labute approximate surface area is 100 Å². The van der Waals surface area contributed by atoms with E-state index in [0.717, 1.165) is 18.7 Å². The molecule has 0 aliphatic heterocycles. The van der Waals surface area contributed by atoms with Crippen LogP contribution in [0.2, 0.25) is 0 Å². The van der Waals surface area contributed by atoms with E-state index in [0.29, 0.717) is 6.42 Å². The lowest BCUT2D eigenvalue weighted by atomic mass is 10.1. The topological polar surface area (TPSA) is 63.8 Å². The molecular formula is C12H16N4O. The number of hydrogen-bond acceptors (Lipinski definition) is 4. The van der Waals surface area contributed by atoms with Crippen LogP contribution in [0.3, 0.4) is 0 Å². The summed E-state index contributed by atoms with van der Waals surface area (Å²) in [5.41, 5.74) is 1.19. The zero-order chi connectivity index (χ0) is 12.1. The van der Waals surface area contributed by atoms with Crippen LogP contribution in [0.5, 0.6) is 0 Å². The number of aliphatic hydroxyl groups excluding tert-OH is 1. The summed E-state index contributed by atoms with van der Waals surface area (Å²) in [6.45, 7) is 0. The van der Waals surface area contributed by atoms with E-state index in [1.807, 2.05) is 19.2 Å². The van der Waals surface area contributed by atoms with Crippen molar-refractivity contribution in [3.8, 4) is 0 Å². The number of rotatable bonds is 5. The number of aryl methyl sites for hydroxylation is 2. The third kappa shape index (κ3) is 3.35. The summed E-state index contributed by atoms with van der Waals surface area (Å²) in [5.74, 6) is 0.812. The number of nitrogens with zero attached hydrogens (tertiary/aromatic N) is 4. The zero-order valence-corrected chi connectivity index (χ0v) is 9.82. The van der Waals surface area contributed by atoms with E-state index in [9.17, 15) is 5.11 Å². The van der Waals surface area contributed by atoms with Crippen LogP contribution in [0.15, 0.2) is 30.9 Å². The molecule has 0 bridgehead atoms. The van der Waals surface area contributed by atoms with E-state index in [2.05, 4.69) is 15.1 Å². The van der Waals surface area contributed by atoms with Gasteiger partial charge in [-0.2, -0.15) is 5.10 Å². The Kier molecular flexibility index (Phi) is 3.82. The van der Waals surface area contributed by atoms with Gasteiger partial charge in [-0.3, -0.25) is 9.67 Å². The Hall–Kier alpha value is -1.75. The number of hydrogen-bond donors (Lipinski definition) is 1. The van der Waals surface area contributed by atoms with Gasteiger partial charge in [0.05, 0.1) is 6.10 Å². The lowest BCUT2D eigenvalue weighted by Crippen LogP contribution is -2.15. The van der Waals surface area contributed by atoms with Gasteiger partial charge in [0.2, 0.25) is 0 Å². The van der Waals surface area contributed by atoms with Gasteiger partial charge in [0.25, 0.3) is 0 Å². The molecule has 0 spiro atoms. The van der Waals surface area contributed by atoms with Crippen LogP contribution in [0.4, 0.5) is 0 Å². The molecule has 0 saturated heterocycles. The standard InChI is InChI=1S/C12H16N4O/c1-16-12(14-9-15-16)8-11(17)3-2-10-4-6-13-7-5-10/h4-7,9,11,17H,2-3,8H2,1H3. The summed E-state index contributed by atoms with van der Waals surface area (Å²) < 4.78 is 1.69. The monoisotopic (exact) mass is 232 g/mol. The summed E-state index contributed by atoms with van der Waals surface area (Å²) in [7, 11) is 1.83. The first-order valence-corrected chi connectivity index (χ1v) is 5.65. The average molecular weight is 232 g/mol. The van der Waals surface area contributed by atoms with E-state index >= 15 is 0 Å². The van der Waals surface area contributed by atoms with Gasteiger partial charge in [-0.1, -0.05) is 0 Å². The van der Waals surface area contributed by atoms with Crippen LogP contribution < -0.4 is 0 Å². The maximum absolute atomic E-state index is 9.91. The molecule has 0 radical (unpaired) electrons. The van der Waals surface area contributed by atoms with Crippen LogP contribution >= 0.6 is 0 Å². The highest BCUT2D eigenvalue weighted by atomic mass is 16.3. The minimum atomic E-state index is -0.383. The van der Waals surface area contributed by atoms with Gasteiger partial charge in [-0.05, 0) is 30.5 Å². The Balaban J connectivity index is 1.82.